The molecule has 23 heavy (non-hydrogen) atoms. The third-order valence-corrected chi connectivity index (χ3v) is 5.19. The maximum atomic E-state index is 13.1. The molecule has 4 nitrogen and oxygen atoms in total. The molecule has 2 aromatic rings. The monoisotopic (exact) mass is 306 g/mol. The number of aromatic nitrogens is 1. The minimum atomic E-state index is -0.680. The molecule has 2 aliphatic heterocycles. The molecule has 116 valence electrons. The number of carbonyl (C=O) groups is 2. The van der Waals surface area contributed by atoms with Gasteiger partial charge in [0.2, 0.25) is 0 Å². The maximum absolute atomic E-state index is 13.1. The van der Waals surface area contributed by atoms with Crippen LogP contribution < -0.4 is 0 Å². The summed E-state index contributed by atoms with van der Waals surface area (Å²) in [5.41, 5.74) is 0.575. The van der Waals surface area contributed by atoms with Crippen molar-refractivity contribution in [3.05, 3.63) is 66.0 Å². The summed E-state index contributed by atoms with van der Waals surface area (Å²) in [4.78, 5) is 32.1. The third-order valence-electron chi connectivity index (χ3n) is 5.19. The van der Waals surface area contributed by atoms with E-state index in [1.165, 1.54) is 0 Å². The van der Waals surface area contributed by atoms with E-state index in [4.69, 9.17) is 0 Å². The summed E-state index contributed by atoms with van der Waals surface area (Å²) in [6, 6.07) is 13.0. The third kappa shape index (κ3) is 2.09. The Balaban J connectivity index is 1.72. The standard InChI is InChI=1S/C19H18N2O2/c22-17(15-7-4-12-20-13-15)19-10-8-16(9-11-19)21(19)18(23)14-5-2-1-3-6-14/h1-7,12-13,16H,8-11H2. The lowest BCUT2D eigenvalue weighted by molar-refractivity contribution is 0.0535. The molecule has 2 fully saturated rings. The van der Waals surface area contributed by atoms with E-state index in [2.05, 4.69) is 4.98 Å². The highest BCUT2D eigenvalue weighted by atomic mass is 16.2. The molecule has 4 rings (SSSR count). The molecule has 0 N–H and O–H groups in total. The van der Waals surface area contributed by atoms with Gasteiger partial charge in [0.1, 0.15) is 5.54 Å². The van der Waals surface area contributed by atoms with Crippen LogP contribution in [-0.2, 0) is 0 Å². The predicted molar refractivity (Wildman–Crippen MR) is 86.2 cm³/mol. The topological polar surface area (TPSA) is 50.3 Å². The predicted octanol–water partition coefficient (Wildman–Crippen LogP) is 3.10. The van der Waals surface area contributed by atoms with Crippen LogP contribution in [0.4, 0.5) is 0 Å². The lowest BCUT2D eigenvalue weighted by atomic mass is 9.81. The second-order valence-electron chi connectivity index (χ2n) is 6.37. The second-order valence-corrected chi connectivity index (χ2v) is 6.37. The van der Waals surface area contributed by atoms with E-state index < -0.39 is 5.54 Å². The van der Waals surface area contributed by atoms with E-state index in [1.54, 1.807) is 24.5 Å². The fourth-order valence-corrected chi connectivity index (χ4v) is 4.11. The zero-order valence-electron chi connectivity index (χ0n) is 12.8. The van der Waals surface area contributed by atoms with Crippen LogP contribution in [0.1, 0.15) is 46.4 Å². The Hall–Kier alpha value is -2.49. The Labute approximate surface area is 135 Å². The van der Waals surface area contributed by atoms with Gasteiger partial charge < -0.3 is 4.90 Å². The smallest absolute Gasteiger partial charge is 0.254 e. The van der Waals surface area contributed by atoms with Crippen LogP contribution in [0.15, 0.2) is 54.9 Å². The summed E-state index contributed by atoms with van der Waals surface area (Å²) >= 11 is 0. The van der Waals surface area contributed by atoms with Crippen molar-refractivity contribution in [2.45, 2.75) is 37.3 Å². The van der Waals surface area contributed by atoms with Gasteiger partial charge in [-0.05, 0) is 49.9 Å². The summed E-state index contributed by atoms with van der Waals surface area (Å²) in [5.74, 6) is 0.0118. The van der Waals surface area contributed by atoms with Gasteiger partial charge >= 0.3 is 0 Å². The van der Waals surface area contributed by atoms with Crippen molar-refractivity contribution in [2.24, 2.45) is 0 Å². The van der Waals surface area contributed by atoms with Crippen molar-refractivity contribution < 1.29 is 9.59 Å². The fraction of sp³-hybridized carbons (Fsp3) is 0.316. The molecule has 2 bridgehead atoms. The molecule has 0 atom stereocenters. The molecule has 3 heterocycles. The summed E-state index contributed by atoms with van der Waals surface area (Å²) in [6.07, 6.45) is 6.59. The van der Waals surface area contributed by atoms with Gasteiger partial charge in [0, 0.05) is 29.6 Å². The molecule has 1 aromatic heterocycles. The highest BCUT2D eigenvalue weighted by Crippen LogP contribution is 2.48. The van der Waals surface area contributed by atoms with Crippen molar-refractivity contribution in [3.8, 4) is 0 Å². The minimum absolute atomic E-state index is 0.0251. The van der Waals surface area contributed by atoms with Crippen molar-refractivity contribution in [2.75, 3.05) is 0 Å². The van der Waals surface area contributed by atoms with Gasteiger partial charge in [-0.3, -0.25) is 14.6 Å². The van der Waals surface area contributed by atoms with E-state index >= 15 is 0 Å². The average molecular weight is 306 g/mol. The molecule has 2 saturated heterocycles. The first-order valence-corrected chi connectivity index (χ1v) is 8.06. The lowest BCUT2D eigenvalue weighted by Crippen LogP contribution is -2.50. The Morgan fingerprint density at radius 2 is 1.70 bits per heavy atom. The molecule has 0 spiro atoms. The first kappa shape index (κ1) is 14.1. The normalized spacial score (nSPS) is 25.6. The van der Waals surface area contributed by atoms with E-state index in [1.807, 2.05) is 35.2 Å². The van der Waals surface area contributed by atoms with Crippen molar-refractivity contribution in [3.63, 3.8) is 0 Å². The Morgan fingerprint density at radius 3 is 2.35 bits per heavy atom. The van der Waals surface area contributed by atoms with Crippen molar-refractivity contribution in [1.82, 2.24) is 9.88 Å². The molecule has 0 saturated carbocycles. The van der Waals surface area contributed by atoms with E-state index in [0.29, 0.717) is 11.1 Å². The molecule has 1 amide bonds. The largest absolute Gasteiger partial charge is 0.323 e. The number of amides is 1. The minimum Gasteiger partial charge on any atom is -0.323 e. The first-order chi connectivity index (χ1) is 11.2. The number of carbonyl (C=O) groups excluding carboxylic acids is 2. The van der Waals surface area contributed by atoms with Crippen molar-refractivity contribution >= 4 is 11.7 Å². The summed E-state index contributed by atoms with van der Waals surface area (Å²) in [7, 11) is 0. The summed E-state index contributed by atoms with van der Waals surface area (Å²) in [6.45, 7) is 0. The number of Topliss-reactive ketones (excluding diaryl/α,β-unsaturated/α-hetero) is 1. The average Bonchev–Trinajstić information content (AvgIpc) is 3.18. The van der Waals surface area contributed by atoms with Crippen LogP contribution in [0, 0.1) is 0 Å². The van der Waals surface area contributed by atoms with Crippen LogP contribution in [0.25, 0.3) is 0 Å². The molecular weight excluding hydrogens is 288 g/mol. The molecule has 4 heteroatoms. The van der Waals surface area contributed by atoms with Crippen molar-refractivity contribution in [1.29, 1.82) is 0 Å². The number of hydrogen-bond acceptors (Lipinski definition) is 3. The molecule has 1 aromatic carbocycles. The second kappa shape index (κ2) is 5.30. The van der Waals surface area contributed by atoms with E-state index in [-0.39, 0.29) is 17.7 Å². The number of hydrogen-bond donors (Lipinski definition) is 0. The van der Waals surface area contributed by atoms with Crippen LogP contribution in [0.3, 0.4) is 0 Å². The van der Waals surface area contributed by atoms with E-state index in [9.17, 15) is 9.59 Å². The number of benzene rings is 1. The molecule has 0 unspecified atom stereocenters. The number of fused-ring (bicyclic) bond motifs is 2. The van der Waals surface area contributed by atoms with Gasteiger partial charge in [0.25, 0.3) is 5.91 Å². The van der Waals surface area contributed by atoms with Crippen LogP contribution in [0.2, 0.25) is 0 Å². The van der Waals surface area contributed by atoms with Crippen LogP contribution in [-0.4, -0.2) is 33.2 Å². The highest BCUT2D eigenvalue weighted by Gasteiger charge is 2.58. The van der Waals surface area contributed by atoms with E-state index in [0.717, 1.165) is 25.7 Å². The molecule has 0 radical (unpaired) electrons. The van der Waals surface area contributed by atoms with Crippen LogP contribution >= 0.6 is 0 Å². The summed E-state index contributed by atoms with van der Waals surface area (Å²) in [5, 5.41) is 0. The lowest BCUT2D eigenvalue weighted by Gasteiger charge is -2.33. The van der Waals surface area contributed by atoms with Gasteiger partial charge in [-0.15, -0.1) is 0 Å². The molecule has 0 aliphatic carbocycles. The van der Waals surface area contributed by atoms with Gasteiger partial charge in [-0.1, -0.05) is 18.2 Å². The SMILES string of the molecule is O=C(c1ccccc1)N1C2CCC1(C(=O)c1cccnc1)CC2. The number of rotatable bonds is 3. The quantitative estimate of drug-likeness (QED) is 0.819. The van der Waals surface area contributed by atoms with Gasteiger partial charge in [-0.25, -0.2) is 0 Å². The zero-order valence-corrected chi connectivity index (χ0v) is 12.8. The Morgan fingerprint density at radius 1 is 1.00 bits per heavy atom. The van der Waals surface area contributed by atoms with Gasteiger partial charge in [0.15, 0.2) is 5.78 Å². The Kier molecular flexibility index (Phi) is 3.26. The zero-order chi connectivity index (χ0) is 15.9. The Bertz CT molecular complexity index is 734. The van der Waals surface area contributed by atoms with Gasteiger partial charge in [-0.2, -0.15) is 0 Å². The number of ketones is 1. The number of pyridine rings is 1. The van der Waals surface area contributed by atoms with Gasteiger partial charge in [0.05, 0.1) is 0 Å². The number of nitrogens with zero attached hydrogens (tertiary/aromatic N) is 2. The van der Waals surface area contributed by atoms with Crippen LogP contribution in [0.5, 0.6) is 0 Å². The fourth-order valence-electron chi connectivity index (χ4n) is 4.11. The molecular formula is C19H18N2O2. The highest BCUT2D eigenvalue weighted by molar-refractivity contribution is 6.08. The molecule has 2 aliphatic rings. The first-order valence-electron chi connectivity index (χ1n) is 8.06. The summed E-state index contributed by atoms with van der Waals surface area (Å²) < 4.78 is 0. The maximum Gasteiger partial charge on any atom is 0.254 e.